The topological polar surface area (TPSA) is 102 Å². The highest BCUT2D eigenvalue weighted by Gasteiger charge is 2.30. The van der Waals surface area contributed by atoms with Crippen molar-refractivity contribution in [2.24, 2.45) is 0 Å². The minimum atomic E-state index is -0.442. The summed E-state index contributed by atoms with van der Waals surface area (Å²) in [6.07, 6.45) is 0.510. The third-order valence-corrected chi connectivity index (χ3v) is 5.24. The number of rotatable bonds is 7. The van der Waals surface area contributed by atoms with Gasteiger partial charge in [-0.2, -0.15) is 0 Å². The molecule has 0 saturated carbocycles. The van der Waals surface area contributed by atoms with Gasteiger partial charge in [-0.1, -0.05) is 24.3 Å². The Bertz CT molecular complexity index is 933. The van der Waals surface area contributed by atoms with E-state index in [9.17, 15) is 19.5 Å². The summed E-state index contributed by atoms with van der Waals surface area (Å²) in [7, 11) is 0. The van der Waals surface area contributed by atoms with E-state index in [0.717, 1.165) is 0 Å². The van der Waals surface area contributed by atoms with Crippen molar-refractivity contribution in [1.82, 2.24) is 4.90 Å². The Morgan fingerprint density at radius 1 is 1.23 bits per heavy atom. The summed E-state index contributed by atoms with van der Waals surface area (Å²) in [4.78, 5) is 37.8. The summed E-state index contributed by atoms with van der Waals surface area (Å²) in [6.45, 7) is 1.08. The molecule has 1 saturated heterocycles. The fourth-order valence-electron chi connectivity index (χ4n) is 3.24. The van der Waals surface area contributed by atoms with Crippen molar-refractivity contribution < 1.29 is 32.0 Å². The Morgan fingerprint density at radius 3 is 2.80 bits per heavy atom. The van der Waals surface area contributed by atoms with Crippen LogP contribution in [-0.2, 0) is 19.0 Å². The Hall–Kier alpha value is -2.66. The zero-order valence-corrected chi connectivity index (χ0v) is 18.1. The molecule has 1 heterocycles. The summed E-state index contributed by atoms with van der Waals surface area (Å²) < 4.78 is 15.9. The van der Waals surface area contributed by atoms with Crippen LogP contribution in [0.5, 0.6) is 11.5 Å². The molecule has 8 nitrogen and oxygen atoms in total. The van der Waals surface area contributed by atoms with Crippen LogP contribution in [-0.4, -0.2) is 60.6 Å². The fraction of sp³-hybridized carbons (Fsp3) is 0.286. The normalized spacial score (nSPS) is 16.0. The quantitative estimate of drug-likeness (QED) is 0.438. The number of carbonyl (C=O) groups is 3. The predicted octanol–water partition coefficient (Wildman–Crippen LogP) is 2.56. The third-order valence-electron chi connectivity index (χ3n) is 4.75. The number of benzene rings is 2. The maximum Gasteiger partial charge on any atom is 0.319 e. The highest BCUT2D eigenvalue weighted by molar-refractivity contribution is 14.1. The average molecular weight is 525 g/mol. The van der Waals surface area contributed by atoms with E-state index in [0.29, 0.717) is 30.6 Å². The molecule has 1 atom stereocenters. The maximum atomic E-state index is 13.3. The molecule has 2 aromatic carbocycles. The lowest BCUT2D eigenvalue weighted by Gasteiger charge is -2.35. The van der Waals surface area contributed by atoms with Crippen LogP contribution in [0.3, 0.4) is 0 Å². The van der Waals surface area contributed by atoms with E-state index in [1.807, 2.05) is 0 Å². The number of amides is 1. The van der Waals surface area contributed by atoms with Crippen molar-refractivity contribution in [1.29, 1.82) is 0 Å². The van der Waals surface area contributed by atoms with Gasteiger partial charge in [0.2, 0.25) is 0 Å². The summed E-state index contributed by atoms with van der Waals surface area (Å²) in [6, 6.07) is 11.0. The van der Waals surface area contributed by atoms with Gasteiger partial charge in [0.25, 0.3) is 5.91 Å². The SMILES string of the molecule is O=Cc1c(O)cccc1OC[C@@H]1COCCN1C(=O)c1ccccc1CC(=O)OI. The van der Waals surface area contributed by atoms with E-state index in [2.05, 4.69) is 0 Å². The fourth-order valence-corrected chi connectivity index (χ4v) is 3.40. The first kappa shape index (κ1) is 22.0. The van der Waals surface area contributed by atoms with Gasteiger partial charge in [-0.3, -0.25) is 14.4 Å². The van der Waals surface area contributed by atoms with E-state index in [1.54, 1.807) is 41.3 Å². The van der Waals surface area contributed by atoms with Crippen LogP contribution in [0.1, 0.15) is 26.3 Å². The first-order valence-electron chi connectivity index (χ1n) is 9.23. The Labute approximate surface area is 187 Å². The van der Waals surface area contributed by atoms with Gasteiger partial charge in [-0.15, -0.1) is 0 Å². The van der Waals surface area contributed by atoms with Crippen LogP contribution < -0.4 is 4.74 Å². The molecule has 0 radical (unpaired) electrons. The van der Waals surface area contributed by atoms with Gasteiger partial charge in [0.1, 0.15) is 18.1 Å². The number of phenolic OH excluding ortho intramolecular Hbond substituents is 1. The number of nitrogens with zero attached hydrogens (tertiary/aromatic N) is 1. The van der Waals surface area contributed by atoms with Crippen LogP contribution in [0.2, 0.25) is 0 Å². The molecule has 1 aliphatic heterocycles. The minimum Gasteiger partial charge on any atom is -0.507 e. The standard InChI is InChI=1S/C21H20INO7/c22-30-20(26)10-14-4-1-2-5-16(14)21(27)23-8-9-28-12-15(23)13-29-19-7-3-6-18(25)17(19)11-24/h1-7,11,15,25H,8-10,12-13H2/t15-/m0/s1. The smallest absolute Gasteiger partial charge is 0.319 e. The molecule has 3 rings (SSSR count). The molecule has 1 aliphatic rings. The van der Waals surface area contributed by atoms with Crippen LogP contribution in [0.15, 0.2) is 42.5 Å². The van der Waals surface area contributed by atoms with Crippen molar-refractivity contribution >= 4 is 41.2 Å². The molecular weight excluding hydrogens is 505 g/mol. The molecule has 1 fully saturated rings. The molecule has 30 heavy (non-hydrogen) atoms. The Kier molecular flexibility index (Phi) is 7.63. The van der Waals surface area contributed by atoms with Crippen LogP contribution in [0.25, 0.3) is 0 Å². The van der Waals surface area contributed by atoms with Gasteiger partial charge in [-0.05, 0) is 23.8 Å². The number of hydrogen-bond acceptors (Lipinski definition) is 7. The zero-order chi connectivity index (χ0) is 21.5. The molecule has 9 heteroatoms. The molecule has 2 aromatic rings. The lowest BCUT2D eigenvalue weighted by molar-refractivity contribution is -0.130. The number of phenols is 1. The first-order valence-corrected chi connectivity index (χ1v) is 10.1. The maximum absolute atomic E-state index is 13.3. The summed E-state index contributed by atoms with van der Waals surface area (Å²) in [5, 5.41) is 9.80. The second-order valence-electron chi connectivity index (χ2n) is 6.63. The second kappa shape index (κ2) is 10.4. The van der Waals surface area contributed by atoms with Crippen molar-refractivity contribution in [2.75, 3.05) is 26.4 Å². The number of carbonyl (C=O) groups excluding carboxylic acids is 3. The van der Waals surface area contributed by atoms with Gasteiger partial charge in [0.05, 0.1) is 31.2 Å². The monoisotopic (exact) mass is 525 g/mol. The van der Waals surface area contributed by atoms with Gasteiger partial charge in [0.15, 0.2) is 29.3 Å². The number of halogens is 1. The molecule has 0 unspecified atom stereocenters. The van der Waals surface area contributed by atoms with E-state index < -0.39 is 12.0 Å². The van der Waals surface area contributed by atoms with Gasteiger partial charge < -0.3 is 22.5 Å². The number of aromatic hydroxyl groups is 1. The third kappa shape index (κ3) is 5.08. The summed E-state index contributed by atoms with van der Waals surface area (Å²) in [5.74, 6) is -0.627. The lowest BCUT2D eigenvalue weighted by atomic mass is 10.0. The van der Waals surface area contributed by atoms with E-state index in [4.69, 9.17) is 12.5 Å². The Morgan fingerprint density at radius 2 is 2.03 bits per heavy atom. The molecule has 0 spiro atoms. The highest BCUT2D eigenvalue weighted by atomic mass is 127. The van der Waals surface area contributed by atoms with Gasteiger partial charge in [0, 0.05) is 12.1 Å². The number of morpholine rings is 1. The van der Waals surface area contributed by atoms with E-state index >= 15 is 0 Å². The molecular formula is C21H20INO7. The van der Waals surface area contributed by atoms with Crippen LogP contribution >= 0.6 is 23.0 Å². The lowest BCUT2D eigenvalue weighted by Crippen LogP contribution is -2.51. The van der Waals surface area contributed by atoms with Crippen LogP contribution in [0.4, 0.5) is 0 Å². The van der Waals surface area contributed by atoms with Gasteiger partial charge >= 0.3 is 5.97 Å². The summed E-state index contributed by atoms with van der Waals surface area (Å²) in [5.41, 5.74) is 1.04. The van der Waals surface area contributed by atoms with Crippen molar-refractivity contribution in [2.45, 2.75) is 12.5 Å². The van der Waals surface area contributed by atoms with Crippen LogP contribution in [0, 0.1) is 0 Å². The number of aldehydes is 1. The number of hydrogen-bond donors (Lipinski definition) is 1. The second-order valence-corrected chi connectivity index (χ2v) is 7.07. The average Bonchev–Trinajstić information content (AvgIpc) is 2.77. The molecule has 158 valence electrons. The predicted molar refractivity (Wildman–Crippen MR) is 115 cm³/mol. The summed E-state index contributed by atoms with van der Waals surface area (Å²) >= 11 is 1.52. The highest BCUT2D eigenvalue weighted by Crippen LogP contribution is 2.26. The largest absolute Gasteiger partial charge is 0.507 e. The number of ether oxygens (including phenoxy) is 2. The Balaban J connectivity index is 1.78. The van der Waals surface area contributed by atoms with Crippen molar-refractivity contribution in [3.05, 3.63) is 59.2 Å². The van der Waals surface area contributed by atoms with E-state index in [-0.39, 0.29) is 42.6 Å². The van der Waals surface area contributed by atoms with Crippen molar-refractivity contribution in [3.8, 4) is 11.5 Å². The molecule has 0 aromatic heterocycles. The van der Waals surface area contributed by atoms with Gasteiger partial charge in [-0.25, -0.2) is 0 Å². The molecule has 1 amide bonds. The van der Waals surface area contributed by atoms with Crippen molar-refractivity contribution in [3.63, 3.8) is 0 Å². The zero-order valence-electron chi connectivity index (χ0n) is 16.0. The molecule has 1 N–H and O–H groups in total. The van der Waals surface area contributed by atoms with E-state index in [1.165, 1.54) is 29.1 Å². The minimum absolute atomic E-state index is 0.0116. The molecule has 0 aliphatic carbocycles. The first-order chi connectivity index (χ1) is 14.5. The molecule has 0 bridgehead atoms.